The molecule has 0 saturated heterocycles. The first-order valence-corrected chi connectivity index (χ1v) is 10.7. The fourth-order valence-corrected chi connectivity index (χ4v) is 3.90. The highest BCUT2D eigenvalue weighted by atomic mass is 19.1. The summed E-state index contributed by atoms with van der Waals surface area (Å²) >= 11 is 0. The molecular weight excluding hydrogens is 391 g/mol. The van der Waals surface area contributed by atoms with Crippen molar-refractivity contribution in [3.63, 3.8) is 0 Å². The second-order valence-corrected chi connectivity index (χ2v) is 7.87. The zero-order chi connectivity index (χ0) is 22.7. The Morgan fingerprint density at radius 2 is 1.52 bits per heavy atom. The van der Waals surface area contributed by atoms with Gasteiger partial charge < -0.3 is 9.88 Å². The molecule has 3 aromatic rings. The van der Waals surface area contributed by atoms with Crippen LogP contribution in [-0.4, -0.2) is 10.5 Å². The van der Waals surface area contributed by atoms with E-state index in [0.29, 0.717) is 17.9 Å². The largest absolute Gasteiger partial charge is 0.341 e. The lowest BCUT2D eigenvalue weighted by Crippen LogP contribution is -2.30. The van der Waals surface area contributed by atoms with Gasteiger partial charge in [-0.05, 0) is 50.3 Å². The smallest absolute Gasteiger partial charge is 0.261 e. The Bertz CT molecular complexity index is 1160. The normalized spacial score (nSPS) is 10.9. The van der Waals surface area contributed by atoms with Crippen LogP contribution in [0.25, 0.3) is 0 Å². The predicted molar refractivity (Wildman–Crippen MR) is 124 cm³/mol. The molecule has 0 unspecified atom stereocenters. The van der Waals surface area contributed by atoms with Crippen molar-refractivity contribution in [2.75, 3.05) is 5.32 Å². The van der Waals surface area contributed by atoms with Crippen molar-refractivity contribution in [1.29, 1.82) is 0 Å². The highest BCUT2D eigenvalue weighted by Gasteiger charge is 2.23. The third kappa shape index (κ3) is 4.46. The molecule has 0 aliphatic carbocycles. The van der Waals surface area contributed by atoms with Crippen molar-refractivity contribution in [2.45, 2.75) is 54.0 Å². The summed E-state index contributed by atoms with van der Waals surface area (Å²) in [5, 5.41) is 2.91. The van der Waals surface area contributed by atoms with E-state index >= 15 is 0 Å². The van der Waals surface area contributed by atoms with Gasteiger partial charge in [0.05, 0.1) is 5.69 Å². The molecule has 0 bridgehead atoms. The number of hydrogen-bond acceptors (Lipinski definition) is 2. The van der Waals surface area contributed by atoms with Gasteiger partial charge in [0.25, 0.3) is 5.91 Å². The van der Waals surface area contributed by atoms with E-state index in [-0.39, 0.29) is 11.3 Å². The van der Waals surface area contributed by atoms with Crippen LogP contribution < -0.4 is 10.7 Å². The maximum absolute atomic E-state index is 14.9. The Hall–Kier alpha value is -3.21. The van der Waals surface area contributed by atoms with Crippen molar-refractivity contribution in [3.8, 4) is 0 Å². The summed E-state index contributed by atoms with van der Waals surface area (Å²) < 4.78 is 16.6. The van der Waals surface area contributed by atoms with Crippen molar-refractivity contribution >= 4 is 11.6 Å². The monoisotopic (exact) mass is 420 g/mol. The molecule has 1 aromatic heterocycles. The van der Waals surface area contributed by atoms with E-state index in [1.807, 2.05) is 63.2 Å². The van der Waals surface area contributed by atoms with Gasteiger partial charge >= 0.3 is 0 Å². The van der Waals surface area contributed by atoms with Gasteiger partial charge in [0, 0.05) is 17.9 Å². The van der Waals surface area contributed by atoms with Gasteiger partial charge in [0.15, 0.2) is 5.82 Å². The van der Waals surface area contributed by atoms with Crippen molar-refractivity contribution in [3.05, 3.63) is 97.7 Å². The van der Waals surface area contributed by atoms with E-state index in [4.69, 9.17) is 0 Å². The molecule has 0 atom stereocenters. The summed E-state index contributed by atoms with van der Waals surface area (Å²) in [6.45, 7) is 9.66. The summed E-state index contributed by atoms with van der Waals surface area (Å²) in [6.07, 6.45) is 1.48. The number of anilines is 1. The molecule has 4 nitrogen and oxygen atoms in total. The fourth-order valence-electron chi connectivity index (χ4n) is 3.90. The summed E-state index contributed by atoms with van der Waals surface area (Å²) in [5.41, 5.74) is 4.44. The van der Waals surface area contributed by atoms with Gasteiger partial charge in [-0.25, -0.2) is 4.39 Å². The average molecular weight is 421 g/mol. The number of amides is 1. The number of aryl methyl sites for hydroxylation is 3. The first kappa shape index (κ1) is 22.5. The topological polar surface area (TPSA) is 51.1 Å². The van der Waals surface area contributed by atoms with Crippen LogP contribution in [0.5, 0.6) is 0 Å². The lowest BCUT2D eigenvalue weighted by atomic mass is 10.0. The molecular formula is C26H29FN2O2. The maximum atomic E-state index is 14.9. The van der Waals surface area contributed by atoms with E-state index in [2.05, 4.69) is 5.32 Å². The molecule has 3 rings (SSSR count). The summed E-state index contributed by atoms with van der Waals surface area (Å²) in [4.78, 5) is 26.0. The molecule has 162 valence electrons. The number of hydrogen-bond donors (Lipinski definition) is 1. The number of nitrogens with one attached hydrogen (secondary N) is 1. The standard InChI is InChI=1S/C26H29FN2O2/c1-6-20-9-8-10-21(7-2)24(20)28-26(31)22-17(4)29(18(5)23(27)25(22)30)15-19-13-11-16(3)12-14-19/h8-14H,6-7,15H2,1-5H3,(H,28,31). The average Bonchev–Trinajstić information content (AvgIpc) is 2.76. The van der Waals surface area contributed by atoms with Gasteiger partial charge in [-0.3, -0.25) is 9.59 Å². The molecule has 0 aliphatic heterocycles. The molecule has 31 heavy (non-hydrogen) atoms. The highest BCUT2D eigenvalue weighted by molar-refractivity contribution is 6.05. The van der Waals surface area contributed by atoms with Crippen molar-refractivity contribution in [2.24, 2.45) is 0 Å². The molecule has 0 spiro atoms. The number of carbonyl (C=O) groups excluding carboxylic acids is 1. The number of halogens is 1. The Morgan fingerprint density at radius 1 is 0.935 bits per heavy atom. The first-order chi connectivity index (χ1) is 14.8. The molecule has 2 aromatic carbocycles. The van der Waals surface area contributed by atoms with E-state index in [1.165, 1.54) is 0 Å². The Balaban J connectivity index is 2.07. The van der Waals surface area contributed by atoms with E-state index < -0.39 is 17.2 Å². The summed E-state index contributed by atoms with van der Waals surface area (Å²) in [5.74, 6) is -1.46. The first-order valence-electron chi connectivity index (χ1n) is 10.7. The number of para-hydroxylation sites is 1. The minimum Gasteiger partial charge on any atom is -0.341 e. The van der Waals surface area contributed by atoms with Gasteiger partial charge in [0.2, 0.25) is 5.43 Å². The Kier molecular flexibility index (Phi) is 6.74. The molecule has 0 fully saturated rings. The molecule has 1 N–H and O–H groups in total. The van der Waals surface area contributed by atoms with Crippen LogP contribution in [0.2, 0.25) is 0 Å². The number of aromatic nitrogens is 1. The van der Waals surface area contributed by atoms with E-state index in [0.717, 1.165) is 35.1 Å². The number of carbonyl (C=O) groups is 1. The highest BCUT2D eigenvalue weighted by Crippen LogP contribution is 2.24. The van der Waals surface area contributed by atoms with Gasteiger partial charge in [-0.2, -0.15) is 0 Å². The minimum absolute atomic E-state index is 0.150. The molecule has 0 aliphatic rings. The van der Waals surface area contributed by atoms with Crippen LogP contribution in [0.4, 0.5) is 10.1 Å². The van der Waals surface area contributed by atoms with Crippen LogP contribution in [0, 0.1) is 26.6 Å². The van der Waals surface area contributed by atoms with Crippen LogP contribution in [0.1, 0.15) is 57.8 Å². The zero-order valence-corrected chi connectivity index (χ0v) is 18.8. The number of nitrogens with zero attached hydrogens (tertiary/aromatic N) is 1. The van der Waals surface area contributed by atoms with Gasteiger partial charge in [-0.1, -0.05) is 61.9 Å². The van der Waals surface area contributed by atoms with Gasteiger partial charge in [0.1, 0.15) is 5.56 Å². The minimum atomic E-state index is -0.887. The van der Waals surface area contributed by atoms with E-state index in [1.54, 1.807) is 18.4 Å². The second-order valence-electron chi connectivity index (χ2n) is 7.87. The summed E-state index contributed by atoms with van der Waals surface area (Å²) in [7, 11) is 0. The van der Waals surface area contributed by atoms with Crippen LogP contribution in [0.3, 0.4) is 0 Å². The van der Waals surface area contributed by atoms with Crippen LogP contribution >= 0.6 is 0 Å². The Labute approximate surface area is 182 Å². The number of benzene rings is 2. The van der Waals surface area contributed by atoms with Crippen LogP contribution in [-0.2, 0) is 19.4 Å². The lowest BCUT2D eigenvalue weighted by molar-refractivity contribution is 0.102. The zero-order valence-electron chi connectivity index (χ0n) is 18.8. The number of pyridine rings is 1. The molecule has 5 heteroatoms. The molecule has 1 heterocycles. The van der Waals surface area contributed by atoms with Crippen molar-refractivity contribution in [1.82, 2.24) is 4.57 Å². The van der Waals surface area contributed by atoms with Gasteiger partial charge in [-0.15, -0.1) is 0 Å². The summed E-state index contributed by atoms with van der Waals surface area (Å²) in [6, 6.07) is 13.8. The predicted octanol–water partition coefficient (Wildman–Crippen LogP) is 5.34. The lowest BCUT2D eigenvalue weighted by Gasteiger charge is -2.20. The molecule has 0 saturated carbocycles. The molecule has 1 amide bonds. The van der Waals surface area contributed by atoms with Crippen LogP contribution in [0.15, 0.2) is 47.3 Å². The maximum Gasteiger partial charge on any atom is 0.261 e. The Morgan fingerprint density at radius 3 is 2.06 bits per heavy atom. The van der Waals surface area contributed by atoms with Crippen molar-refractivity contribution < 1.29 is 9.18 Å². The third-order valence-electron chi connectivity index (χ3n) is 5.84. The number of rotatable bonds is 6. The molecule has 0 radical (unpaired) electrons. The third-order valence-corrected chi connectivity index (χ3v) is 5.84. The second kappa shape index (κ2) is 9.29. The van der Waals surface area contributed by atoms with E-state index in [9.17, 15) is 14.0 Å². The quantitative estimate of drug-likeness (QED) is 0.585. The SMILES string of the molecule is CCc1cccc(CC)c1NC(=O)c1c(C)n(Cc2ccc(C)cc2)c(C)c(F)c1=O. The fraction of sp³-hybridized carbons (Fsp3) is 0.308.